The van der Waals surface area contributed by atoms with Crippen molar-refractivity contribution in [3.8, 4) is 0 Å². The molecule has 2 heterocycles. The van der Waals surface area contributed by atoms with E-state index in [-0.39, 0.29) is 28.4 Å². The van der Waals surface area contributed by atoms with Crippen LogP contribution in [0.5, 0.6) is 0 Å². The lowest BCUT2D eigenvalue weighted by Crippen LogP contribution is -2.29. The maximum absolute atomic E-state index is 13.7. The van der Waals surface area contributed by atoms with Crippen LogP contribution in [0.1, 0.15) is 53.0 Å². The summed E-state index contributed by atoms with van der Waals surface area (Å²) in [6.07, 6.45) is 0. The van der Waals surface area contributed by atoms with E-state index in [9.17, 15) is 19.2 Å². The summed E-state index contributed by atoms with van der Waals surface area (Å²) in [6.45, 7) is 0. The van der Waals surface area contributed by atoms with Crippen molar-refractivity contribution in [2.24, 2.45) is 0 Å². The number of amides is 3. The van der Waals surface area contributed by atoms with Crippen LogP contribution in [-0.4, -0.2) is 34.4 Å². The second kappa shape index (κ2) is 8.94. The van der Waals surface area contributed by atoms with E-state index in [1.54, 1.807) is 59.5 Å². The SMILES string of the molecule is O=C(c1ccccc1)[C@@H]1[C@H](c2ccccc2)N1C(=O)c1ccc2c(c1)C(=O)N(c1ccc(Br)cc1)C2=O. The fraction of sp³-hybridized carbons (Fsp3) is 0.0667. The Morgan fingerprint density at radius 3 is 1.97 bits per heavy atom. The Morgan fingerprint density at radius 1 is 0.676 bits per heavy atom. The third kappa shape index (κ3) is 3.88. The van der Waals surface area contributed by atoms with Crippen molar-refractivity contribution < 1.29 is 19.2 Å². The first-order chi connectivity index (χ1) is 18.0. The average molecular weight is 551 g/mol. The van der Waals surface area contributed by atoms with E-state index in [2.05, 4.69) is 15.9 Å². The zero-order valence-electron chi connectivity index (χ0n) is 19.4. The third-order valence-corrected chi connectivity index (χ3v) is 7.26. The minimum atomic E-state index is -0.651. The van der Waals surface area contributed by atoms with Gasteiger partial charge < -0.3 is 4.90 Å². The van der Waals surface area contributed by atoms with Crippen LogP contribution in [-0.2, 0) is 0 Å². The highest BCUT2D eigenvalue weighted by molar-refractivity contribution is 9.10. The molecule has 6 rings (SSSR count). The van der Waals surface area contributed by atoms with Gasteiger partial charge in [-0.2, -0.15) is 0 Å². The number of hydrogen-bond acceptors (Lipinski definition) is 4. The highest BCUT2D eigenvalue weighted by atomic mass is 79.9. The van der Waals surface area contributed by atoms with Crippen molar-refractivity contribution in [3.05, 3.63) is 135 Å². The quantitative estimate of drug-likeness (QED) is 0.181. The van der Waals surface area contributed by atoms with E-state index in [1.807, 2.05) is 36.4 Å². The Balaban J connectivity index is 1.33. The van der Waals surface area contributed by atoms with Gasteiger partial charge in [-0.05, 0) is 48.0 Å². The third-order valence-electron chi connectivity index (χ3n) is 6.73. The molecule has 0 aliphatic carbocycles. The summed E-state index contributed by atoms with van der Waals surface area (Å²) in [7, 11) is 0. The van der Waals surface area contributed by atoms with Crippen molar-refractivity contribution in [1.82, 2.24) is 4.90 Å². The predicted octanol–water partition coefficient (Wildman–Crippen LogP) is 5.70. The van der Waals surface area contributed by atoms with Crippen LogP contribution in [0.4, 0.5) is 5.69 Å². The van der Waals surface area contributed by atoms with Crippen LogP contribution in [0.15, 0.2) is 108 Å². The van der Waals surface area contributed by atoms with E-state index in [4.69, 9.17) is 0 Å². The number of halogens is 1. The largest absolute Gasteiger partial charge is 0.316 e. The second-order valence-electron chi connectivity index (χ2n) is 8.93. The summed E-state index contributed by atoms with van der Waals surface area (Å²) in [5.41, 5.74) is 2.50. The Kier molecular flexibility index (Phi) is 5.57. The number of ketones is 1. The Labute approximate surface area is 221 Å². The van der Waals surface area contributed by atoms with Gasteiger partial charge in [0, 0.05) is 15.6 Å². The molecule has 2 aliphatic heterocycles. The monoisotopic (exact) mass is 550 g/mol. The van der Waals surface area contributed by atoms with E-state index in [0.717, 1.165) is 14.9 Å². The first-order valence-electron chi connectivity index (χ1n) is 11.7. The van der Waals surface area contributed by atoms with Crippen molar-refractivity contribution in [2.75, 3.05) is 4.90 Å². The minimum absolute atomic E-state index is 0.142. The maximum Gasteiger partial charge on any atom is 0.266 e. The van der Waals surface area contributed by atoms with E-state index < -0.39 is 23.9 Å². The van der Waals surface area contributed by atoms with Gasteiger partial charge in [-0.15, -0.1) is 0 Å². The molecule has 0 aromatic heterocycles. The highest BCUT2D eigenvalue weighted by Crippen LogP contribution is 2.46. The normalized spacial score (nSPS) is 18.1. The van der Waals surface area contributed by atoms with Crippen LogP contribution < -0.4 is 4.90 Å². The molecule has 0 radical (unpaired) electrons. The summed E-state index contributed by atoms with van der Waals surface area (Å²) in [5, 5.41) is 0. The van der Waals surface area contributed by atoms with Gasteiger partial charge in [0.25, 0.3) is 17.7 Å². The van der Waals surface area contributed by atoms with Gasteiger partial charge >= 0.3 is 0 Å². The van der Waals surface area contributed by atoms with Gasteiger partial charge in [0.15, 0.2) is 5.78 Å². The van der Waals surface area contributed by atoms with Gasteiger partial charge in [0.1, 0.15) is 6.04 Å². The van der Waals surface area contributed by atoms with Gasteiger partial charge in [-0.25, -0.2) is 4.90 Å². The molecule has 4 aromatic carbocycles. The molecule has 37 heavy (non-hydrogen) atoms. The van der Waals surface area contributed by atoms with E-state index in [1.165, 1.54) is 12.1 Å². The molecule has 0 bridgehead atoms. The minimum Gasteiger partial charge on any atom is -0.316 e. The molecule has 1 saturated heterocycles. The van der Waals surface area contributed by atoms with Gasteiger partial charge in [-0.3, -0.25) is 19.2 Å². The standard InChI is InChI=1S/C30H19BrN2O4/c31-21-12-14-22(15-13-21)32-29(36)23-16-11-20(17-24(23)30(32)37)28(35)33-25(18-7-3-1-4-8-18)26(33)27(34)19-9-5-2-6-10-19/h1-17,25-26H/t25-,26-,33?/m0/s1. The van der Waals surface area contributed by atoms with Gasteiger partial charge in [0.2, 0.25) is 0 Å². The van der Waals surface area contributed by atoms with Crippen molar-refractivity contribution >= 4 is 45.1 Å². The molecule has 0 N–H and O–H groups in total. The maximum atomic E-state index is 13.7. The summed E-state index contributed by atoms with van der Waals surface area (Å²) < 4.78 is 0.826. The number of imide groups is 1. The van der Waals surface area contributed by atoms with Crippen LogP contribution in [0.2, 0.25) is 0 Å². The number of carbonyl (C=O) groups excluding carboxylic acids is 4. The molecule has 6 nitrogen and oxygen atoms in total. The fourth-order valence-electron chi connectivity index (χ4n) is 4.87. The molecule has 2 aliphatic rings. The summed E-state index contributed by atoms with van der Waals surface area (Å²) >= 11 is 3.35. The smallest absolute Gasteiger partial charge is 0.266 e. The van der Waals surface area contributed by atoms with Crippen LogP contribution in [0.25, 0.3) is 0 Å². The number of hydrogen-bond donors (Lipinski definition) is 0. The molecule has 180 valence electrons. The van der Waals surface area contributed by atoms with Crippen LogP contribution >= 0.6 is 15.9 Å². The lowest BCUT2D eigenvalue weighted by Gasteiger charge is -2.13. The number of nitrogens with zero attached hydrogens (tertiary/aromatic N) is 2. The molecular formula is C30H19BrN2O4. The molecule has 1 fully saturated rings. The number of benzene rings is 4. The van der Waals surface area contributed by atoms with Gasteiger partial charge in [0.05, 0.1) is 22.9 Å². The molecule has 7 heteroatoms. The van der Waals surface area contributed by atoms with E-state index >= 15 is 0 Å². The average Bonchev–Trinajstić information content (AvgIpc) is 3.64. The van der Waals surface area contributed by atoms with Crippen molar-refractivity contribution in [1.29, 1.82) is 0 Å². The molecule has 0 unspecified atom stereocenters. The molecule has 0 spiro atoms. The number of fused-ring (bicyclic) bond motifs is 1. The van der Waals surface area contributed by atoms with E-state index in [0.29, 0.717) is 11.3 Å². The zero-order chi connectivity index (χ0) is 25.7. The topological polar surface area (TPSA) is 74.5 Å². The Hall–Kier alpha value is -4.36. The lowest BCUT2D eigenvalue weighted by molar-refractivity contribution is 0.0833. The molecule has 4 aromatic rings. The Morgan fingerprint density at radius 2 is 1.30 bits per heavy atom. The number of Topliss-reactive ketones (excluding diaryl/α,β-unsaturated/α-hetero) is 1. The molecule has 2 atom stereocenters. The first kappa shape index (κ1) is 23.1. The second-order valence-corrected chi connectivity index (χ2v) is 9.84. The van der Waals surface area contributed by atoms with Gasteiger partial charge in [-0.1, -0.05) is 76.6 Å². The first-order valence-corrected chi connectivity index (χ1v) is 12.5. The van der Waals surface area contributed by atoms with Crippen molar-refractivity contribution in [2.45, 2.75) is 12.1 Å². The number of rotatable bonds is 5. The fourth-order valence-corrected chi connectivity index (χ4v) is 5.13. The summed E-state index contributed by atoms with van der Waals surface area (Å²) in [5.74, 6) is -1.43. The molecular weight excluding hydrogens is 532 g/mol. The summed E-state index contributed by atoms with van der Waals surface area (Å²) in [6, 6.07) is 28.6. The number of anilines is 1. The summed E-state index contributed by atoms with van der Waals surface area (Å²) in [4.78, 5) is 55.9. The van der Waals surface area contributed by atoms with Crippen molar-refractivity contribution in [3.63, 3.8) is 0 Å². The zero-order valence-corrected chi connectivity index (χ0v) is 21.0. The lowest BCUT2D eigenvalue weighted by atomic mass is 10.0. The molecule has 0 saturated carbocycles. The molecule has 3 amide bonds. The highest BCUT2D eigenvalue weighted by Gasteiger charge is 2.56. The van der Waals surface area contributed by atoms with Crippen LogP contribution in [0, 0.1) is 0 Å². The Bertz CT molecular complexity index is 1570. The predicted molar refractivity (Wildman–Crippen MR) is 142 cm³/mol. The van der Waals surface area contributed by atoms with Crippen LogP contribution in [0.3, 0.4) is 0 Å². The number of carbonyl (C=O) groups is 4.